The van der Waals surface area contributed by atoms with Crippen molar-refractivity contribution in [3.63, 3.8) is 0 Å². The van der Waals surface area contributed by atoms with Crippen LogP contribution in [0.25, 0.3) is 0 Å². The summed E-state index contributed by atoms with van der Waals surface area (Å²) >= 11 is 0. The molecule has 1 aromatic rings. The van der Waals surface area contributed by atoms with Gasteiger partial charge in [-0.25, -0.2) is 0 Å². The highest BCUT2D eigenvalue weighted by Crippen LogP contribution is 2.11. The molecule has 0 bridgehead atoms. The van der Waals surface area contributed by atoms with E-state index < -0.39 is 0 Å². The van der Waals surface area contributed by atoms with E-state index in [9.17, 15) is 0 Å². The van der Waals surface area contributed by atoms with E-state index in [0.29, 0.717) is 12.6 Å². The number of nitrogens with one attached hydrogen (secondary N) is 2. The maximum absolute atomic E-state index is 5.63. The molecular formula is C14H22N2O2. The molecule has 100 valence electrons. The summed E-state index contributed by atoms with van der Waals surface area (Å²) in [6.07, 6.45) is 1.22. The number of methoxy groups -OCH3 is 1. The number of rotatable bonds is 7. The minimum absolute atomic E-state index is 0.620. The van der Waals surface area contributed by atoms with E-state index >= 15 is 0 Å². The number of hydrogen-bond donors (Lipinski definition) is 2. The summed E-state index contributed by atoms with van der Waals surface area (Å²) in [6.45, 7) is 4.54. The van der Waals surface area contributed by atoms with E-state index in [1.807, 2.05) is 24.3 Å². The predicted molar refractivity (Wildman–Crippen MR) is 71.9 cm³/mol. The maximum Gasteiger partial charge on any atom is 0.118 e. The molecule has 1 fully saturated rings. The van der Waals surface area contributed by atoms with E-state index in [0.717, 1.165) is 32.0 Å². The average Bonchev–Trinajstić information content (AvgIpc) is 2.92. The zero-order valence-corrected chi connectivity index (χ0v) is 10.9. The molecule has 0 aliphatic carbocycles. The molecule has 2 N–H and O–H groups in total. The van der Waals surface area contributed by atoms with Crippen molar-refractivity contribution in [2.24, 2.45) is 0 Å². The quantitative estimate of drug-likeness (QED) is 0.713. The van der Waals surface area contributed by atoms with Crippen LogP contribution in [0.15, 0.2) is 24.3 Å². The molecule has 0 spiro atoms. The first kappa shape index (κ1) is 13.3. The Labute approximate surface area is 109 Å². The summed E-state index contributed by atoms with van der Waals surface area (Å²) in [5.74, 6) is 0.883. The lowest BCUT2D eigenvalue weighted by Gasteiger charge is -2.11. The van der Waals surface area contributed by atoms with Crippen molar-refractivity contribution in [1.29, 1.82) is 0 Å². The Morgan fingerprint density at radius 2 is 2.17 bits per heavy atom. The van der Waals surface area contributed by atoms with Gasteiger partial charge in [0.15, 0.2) is 0 Å². The number of ether oxygens (including phenoxy) is 2. The molecule has 1 unspecified atom stereocenters. The Morgan fingerprint density at radius 3 is 2.83 bits per heavy atom. The topological polar surface area (TPSA) is 42.5 Å². The van der Waals surface area contributed by atoms with Gasteiger partial charge in [-0.2, -0.15) is 0 Å². The highest BCUT2D eigenvalue weighted by molar-refractivity contribution is 5.26. The number of hydrogen-bond acceptors (Lipinski definition) is 4. The van der Waals surface area contributed by atoms with Gasteiger partial charge >= 0.3 is 0 Å². The molecular weight excluding hydrogens is 228 g/mol. The third-order valence-corrected chi connectivity index (χ3v) is 3.17. The van der Waals surface area contributed by atoms with Crippen molar-refractivity contribution in [2.45, 2.75) is 19.1 Å². The summed E-state index contributed by atoms with van der Waals surface area (Å²) in [5.41, 5.74) is 1.18. The molecule has 18 heavy (non-hydrogen) atoms. The Hall–Kier alpha value is -1.10. The highest BCUT2D eigenvalue weighted by atomic mass is 16.5. The lowest BCUT2D eigenvalue weighted by Crippen LogP contribution is -2.33. The van der Waals surface area contributed by atoms with Gasteiger partial charge in [-0.15, -0.1) is 0 Å². The molecule has 1 aliphatic heterocycles. The van der Waals surface area contributed by atoms with Crippen LogP contribution >= 0.6 is 0 Å². The second-order valence-corrected chi connectivity index (χ2v) is 4.54. The van der Waals surface area contributed by atoms with Gasteiger partial charge in [0.1, 0.15) is 5.75 Å². The summed E-state index contributed by atoms with van der Waals surface area (Å²) in [7, 11) is 1.68. The molecule has 4 heteroatoms. The normalized spacial score (nSPS) is 19.1. The Balaban J connectivity index is 1.56. The third-order valence-electron chi connectivity index (χ3n) is 3.17. The average molecular weight is 250 g/mol. The van der Waals surface area contributed by atoms with Gasteiger partial charge in [-0.1, -0.05) is 12.1 Å². The standard InChI is InChI=1S/C14H22N2O2/c1-17-14-4-2-12(3-5-14)11-18-9-8-16-13-6-7-15-10-13/h2-5,13,15-16H,6-11H2,1H3. The summed E-state index contributed by atoms with van der Waals surface area (Å²) in [6, 6.07) is 8.61. The SMILES string of the molecule is COc1ccc(COCCNC2CCNC2)cc1. The lowest BCUT2D eigenvalue weighted by molar-refractivity contribution is 0.121. The van der Waals surface area contributed by atoms with Crippen LogP contribution in [0.3, 0.4) is 0 Å². The van der Waals surface area contributed by atoms with Crippen LogP contribution in [0.5, 0.6) is 5.75 Å². The fourth-order valence-corrected chi connectivity index (χ4v) is 2.08. The van der Waals surface area contributed by atoms with Gasteiger partial charge in [0.05, 0.1) is 20.3 Å². The van der Waals surface area contributed by atoms with Gasteiger partial charge < -0.3 is 20.1 Å². The highest BCUT2D eigenvalue weighted by Gasteiger charge is 2.12. The van der Waals surface area contributed by atoms with Crippen LogP contribution < -0.4 is 15.4 Å². The van der Waals surface area contributed by atoms with E-state index in [2.05, 4.69) is 10.6 Å². The molecule has 1 aliphatic rings. The third kappa shape index (κ3) is 4.29. The van der Waals surface area contributed by atoms with Crippen molar-refractivity contribution in [2.75, 3.05) is 33.4 Å². The van der Waals surface area contributed by atoms with Gasteiger partial charge in [0.2, 0.25) is 0 Å². The zero-order chi connectivity index (χ0) is 12.6. The number of benzene rings is 1. The van der Waals surface area contributed by atoms with Crippen LogP contribution in [0, 0.1) is 0 Å². The fourth-order valence-electron chi connectivity index (χ4n) is 2.08. The van der Waals surface area contributed by atoms with Crippen molar-refractivity contribution >= 4 is 0 Å². The molecule has 0 amide bonds. The van der Waals surface area contributed by atoms with Gasteiger partial charge in [0.25, 0.3) is 0 Å². The zero-order valence-electron chi connectivity index (χ0n) is 10.9. The van der Waals surface area contributed by atoms with Crippen molar-refractivity contribution < 1.29 is 9.47 Å². The lowest BCUT2D eigenvalue weighted by atomic mass is 10.2. The first-order valence-corrected chi connectivity index (χ1v) is 6.53. The van der Waals surface area contributed by atoms with Crippen molar-refractivity contribution in [3.05, 3.63) is 29.8 Å². The monoisotopic (exact) mass is 250 g/mol. The van der Waals surface area contributed by atoms with Crippen LogP contribution in [-0.2, 0) is 11.3 Å². The van der Waals surface area contributed by atoms with Crippen molar-refractivity contribution in [1.82, 2.24) is 10.6 Å². The van der Waals surface area contributed by atoms with Crippen molar-refractivity contribution in [3.8, 4) is 5.75 Å². The van der Waals surface area contributed by atoms with Crippen LogP contribution in [-0.4, -0.2) is 39.4 Å². The molecule has 1 saturated heterocycles. The van der Waals surface area contributed by atoms with Crippen LogP contribution in [0.2, 0.25) is 0 Å². The van der Waals surface area contributed by atoms with E-state index in [4.69, 9.17) is 9.47 Å². The Bertz CT molecular complexity index is 334. The smallest absolute Gasteiger partial charge is 0.118 e. The first-order chi connectivity index (χ1) is 8.88. The van der Waals surface area contributed by atoms with Crippen LogP contribution in [0.1, 0.15) is 12.0 Å². The minimum Gasteiger partial charge on any atom is -0.497 e. The van der Waals surface area contributed by atoms with Gasteiger partial charge in [-0.05, 0) is 30.7 Å². The van der Waals surface area contributed by atoms with E-state index in [-0.39, 0.29) is 0 Å². The largest absolute Gasteiger partial charge is 0.497 e. The first-order valence-electron chi connectivity index (χ1n) is 6.53. The molecule has 0 saturated carbocycles. The molecule has 0 aromatic heterocycles. The molecule has 1 heterocycles. The molecule has 4 nitrogen and oxygen atoms in total. The van der Waals surface area contributed by atoms with E-state index in [1.165, 1.54) is 12.0 Å². The second kappa shape index (κ2) is 7.36. The molecule has 1 aromatic carbocycles. The Morgan fingerprint density at radius 1 is 1.33 bits per heavy atom. The minimum atomic E-state index is 0.620. The fraction of sp³-hybridized carbons (Fsp3) is 0.571. The molecule has 1 atom stereocenters. The molecule has 2 rings (SSSR count). The van der Waals surface area contributed by atoms with Gasteiger partial charge in [0, 0.05) is 19.1 Å². The maximum atomic E-state index is 5.63. The summed E-state index contributed by atoms with van der Waals surface area (Å²) in [4.78, 5) is 0. The van der Waals surface area contributed by atoms with Crippen LogP contribution in [0.4, 0.5) is 0 Å². The van der Waals surface area contributed by atoms with Gasteiger partial charge in [-0.3, -0.25) is 0 Å². The predicted octanol–water partition coefficient (Wildman–Crippen LogP) is 1.16. The Kier molecular flexibility index (Phi) is 5.45. The molecule has 0 radical (unpaired) electrons. The summed E-state index contributed by atoms with van der Waals surface area (Å²) in [5, 5.41) is 6.81. The summed E-state index contributed by atoms with van der Waals surface area (Å²) < 4.78 is 10.7. The van der Waals surface area contributed by atoms with E-state index in [1.54, 1.807) is 7.11 Å². The second-order valence-electron chi connectivity index (χ2n) is 4.54.